The van der Waals surface area contributed by atoms with E-state index in [2.05, 4.69) is 4.90 Å². The second kappa shape index (κ2) is 5.53. The SMILES string of the molecule is NCCN1CCOC(c2ccc(F)c(F)c2)C1. The zero-order valence-electron chi connectivity index (χ0n) is 9.53. The number of morpholine rings is 1. The molecule has 1 aliphatic rings. The minimum Gasteiger partial charge on any atom is -0.371 e. The topological polar surface area (TPSA) is 38.5 Å². The van der Waals surface area contributed by atoms with E-state index in [4.69, 9.17) is 10.5 Å². The molecule has 94 valence electrons. The van der Waals surface area contributed by atoms with Crippen LogP contribution in [0.25, 0.3) is 0 Å². The van der Waals surface area contributed by atoms with Crippen molar-refractivity contribution < 1.29 is 13.5 Å². The summed E-state index contributed by atoms with van der Waals surface area (Å²) in [5.41, 5.74) is 6.17. The van der Waals surface area contributed by atoms with Crippen LogP contribution >= 0.6 is 0 Å². The average molecular weight is 242 g/mol. The predicted octanol–water partition coefficient (Wildman–Crippen LogP) is 1.30. The summed E-state index contributed by atoms with van der Waals surface area (Å²) in [6.07, 6.45) is -0.203. The molecule has 1 aromatic carbocycles. The second-order valence-corrected chi connectivity index (χ2v) is 4.12. The summed E-state index contributed by atoms with van der Waals surface area (Å²) in [6, 6.07) is 3.90. The minimum atomic E-state index is -0.831. The Morgan fingerprint density at radius 2 is 2.18 bits per heavy atom. The molecule has 0 aromatic heterocycles. The van der Waals surface area contributed by atoms with Crippen molar-refractivity contribution in [3.63, 3.8) is 0 Å². The molecule has 0 bridgehead atoms. The predicted molar refractivity (Wildman–Crippen MR) is 60.5 cm³/mol. The molecule has 1 atom stereocenters. The molecule has 1 saturated heterocycles. The van der Waals surface area contributed by atoms with Crippen molar-refractivity contribution in [2.45, 2.75) is 6.10 Å². The fraction of sp³-hybridized carbons (Fsp3) is 0.500. The van der Waals surface area contributed by atoms with Gasteiger partial charge in [-0.25, -0.2) is 8.78 Å². The maximum atomic E-state index is 13.1. The van der Waals surface area contributed by atoms with Gasteiger partial charge in [0, 0.05) is 26.2 Å². The van der Waals surface area contributed by atoms with Crippen LogP contribution in [-0.2, 0) is 4.74 Å². The summed E-state index contributed by atoms with van der Waals surface area (Å²) in [5.74, 6) is -1.66. The molecule has 1 fully saturated rings. The van der Waals surface area contributed by atoms with E-state index in [0.29, 0.717) is 25.3 Å². The molecule has 0 aliphatic carbocycles. The van der Waals surface area contributed by atoms with Gasteiger partial charge in [-0.3, -0.25) is 4.90 Å². The normalized spacial score (nSPS) is 21.7. The molecular formula is C12H16F2N2O. The Kier molecular flexibility index (Phi) is 4.04. The summed E-state index contributed by atoms with van der Waals surface area (Å²) >= 11 is 0. The Hall–Kier alpha value is -1.04. The van der Waals surface area contributed by atoms with Crippen molar-refractivity contribution in [3.05, 3.63) is 35.4 Å². The highest BCUT2D eigenvalue weighted by atomic mass is 19.2. The van der Waals surface area contributed by atoms with Gasteiger partial charge in [0.1, 0.15) is 0 Å². The van der Waals surface area contributed by atoms with Gasteiger partial charge in [-0.05, 0) is 17.7 Å². The van der Waals surface area contributed by atoms with E-state index in [9.17, 15) is 8.78 Å². The fourth-order valence-corrected chi connectivity index (χ4v) is 2.00. The van der Waals surface area contributed by atoms with Gasteiger partial charge in [-0.15, -0.1) is 0 Å². The maximum Gasteiger partial charge on any atom is 0.159 e. The first kappa shape index (κ1) is 12.4. The monoisotopic (exact) mass is 242 g/mol. The Bertz CT molecular complexity index is 385. The number of hydrogen-bond acceptors (Lipinski definition) is 3. The molecule has 3 nitrogen and oxygen atoms in total. The third-order valence-electron chi connectivity index (χ3n) is 2.91. The number of nitrogens with two attached hydrogens (primary N) is 1. The molecule has 1 unspecified atom stereocenters. The molecule has 1 aliphatic heterocycles. The molecule has 1 aromatic rings. The number of hydrogen-bond donors (Lipinski definition) is 1. The molecule has 17 heavy (non-hydrogen) atoms. The fourth-order valence-electron chi connectivity index (χ4n) is 2.00. The highest BCUT2D eigenvalue weighted by Gasteiger charge is 2.22. The van der Waals surface area contributed by atoms with E-state index in [1.165, 1.54) is 6.07 Å². The lowest BCUT2D eigenvalue weighted by Crippen LogP contribution is -2.40. The van der Waals surface area contributed by atoms with Gasteiger partial charge in [0.15, 0.2) is 11.6 Å². The number of nitrogens with zero attached hydrogens (tertiary/aromatic N) is 1. The van der Waals surface area contributed by atoms with Gasteiger partial charge in [-0.2, -0.15) is 0 Å². The first-order valence-electron chi connectivity index (χ1n) is 5.69. The number of benzene rings is 1. The van der Waals surface area contributed by atoms with Gasteiger partial charge in [0.05, 0.1) is 12.7 Å². The molecule has 0 amide bonds. The Labute approximate surface area is 99.2 Å². The Morgan fingerprint density at radius 1 is 1.35 bits per heavy atom. The third-order valence-corrected chi connectivity index (χ3v) is 2.91. The van der Waals surface area contributed by atoms with Crippen LogP contribution in [0.1, 0.15) is 11.7 Å². The van der Waals surface area contributed by atoms with Gasteiger partial charge in [0.25, 0.3) is 0 Å². The number of halogens is 2. The maximum absolute atomic E-state index is 13.1. The lowest BCUT2D eigenvalue weighted by atomic mass is 10.1. The first-order valence-corrected chi connectivity index (χ1v) is 5.69. The molecule has 5 heteroatoms. The lowest BCUT2D eigenvalue weighted by Gasteiger charge is -2.32. The van der Waals surface area contributed by atoms with Gasteiger partial charge in [-0.1, -0.05) is 6.07 Å². The zero-order valence-corrected chi connectivity index (χ0v) is 9.53. The molecular weight excluding hydrogens is 226 g/mol. The summed E-state index contributed by atoms with van der Waals surface area (Å²) in [5, 5.41) is 0. The molecule has 2 rings (SSSR count). The highest BCUT2D eigenvalue weighted by molar-refractivity contribution is 5.20. The van der Waals surface area contributed by atoms with Gasteiger partial charge in [0.2, 0.25) is 0 Å². The minimum absolute atomic E-state index is 0.203. The van der Waals surface area contributed by atoms with Crippen LogP contribution in [-0.4, -0.2) is 37.7 Å². The van der Waals surface area contributed by atoms with E-state index in [1.54, 1.807) is 6.07 Å². The Balaban J connectivity index is 2.08. The lowest BCUT2D eigenvalue weighted by molar-refractivity contribution is -0.0290. The van der Waals surface area contributed by atoms with Crippen molar-refractivity contribution in [1.29, 1.82) is 0 Å². The highest BCUT2D eigenvalue weighted by Crippen LogP contribution is 2.23. The number of ether oxygens (including phenoxy) is 1. The average Bonchev–Trinajstić information content (AvgIpc) is 2.33. The van der Waals surface area contributed by atoms with Crippen molar-refractivity contribution in [2.75, 3.05) is 32.8 Å². The van der Waals surface area contributed by atoms with E-state index in [-0.39, 0.29) is 6.10 Å². The summed E-state index contributed by atoms with van der Waals surface area (Å²) in [6.45, 7) is 3.47. The Morgan fingerprint density at radius 3 is 2.88 bits per heavy atom. The zero-order chi connectivity index (χ0) is 12.3. The molecule has 0 saturated carbocycles. The van der Waals surface area contributed by atoms with Crippen LogP contribution in [0, 0.1) is 11.6 Å². The van der Waals surface area contributed by atoms with Crippen LogP contribution in [0.15, 0.2) is 18.2 Å². The van der Waals surface area contributed by atoms with E-state index >= 15 is 0 Å². The number of rotatable bonds is 3. The first-order chi connectivity index (χ1) is 8.20. The molecule has 0 radical (unpaired) electrons. The van der Waals surface area contributed by atoms with Crippen molar-refractivity contribution in [1.82, 2.24) is 4.90 Å². The van der Waals surface area contributed by atoms with Crippen LogP contribution in [0.5, 0.6) is 0 Å². The van der Waals surface area contributed by atoms with Crippen LogP contribution < -0.4 is 5.73 Å². The largest absolute Gasteiger partial charge is 0.371 e. The van der Waals surface area contributed by atoms with Crippen molar-refractivity contribution in [3.8, 4) is 0 Å². The standard InChI is InChI=1S/C12H16F2N2O/c13-10-2-1-9(7-11(10)14)12-8-16(4-3-15)5-6-17-12/h1-2,7,12H,3-6,8,15H2. The van der Waals surface area contributed by atoms with E-state index in [0.717, 1.165) is 19.2 Å². The quantitative estimate of drug-likeness (QED) is 0.868. The molecule has 0 spiro atoms. The van der Waals surface area contributed by atoms with Crippen LogP contribution in [0.4, 0.5) is 8.78 Å². The summed E-state index contributed by atoms with van der Waals surface area (Å²) in [7, 11) is 0. The van der Waals surface area contributed by atoms with E-state index in [1.807, 2.05) is 0 Å². The smallest absolute Gasteiger partial charge is 0.159 e. The van der Waals surface area contributed by atoms with Crippen LogP contribution in [0.3, 0.4) is 0 Å². The van der Waals surface area contributed by atoms with Crippen LogP contribution in [0.2, 0.25) is 0 Å². The summed E-state index contributed by atoms with van der Waals surface area (Å²) in [4.78, 5) is 2.16. The second-order valence-electron chi connectivity index (χ2n) is 4.12. The van der Waals surface area contributed by atoms with E-state index < -0.39 is 11.6 Å². The van der Waals surface area contributed by atoms with Gasteiger partial charge >= 0.3 is 0 Å². The van der Waals surface area contributed by atoms with Crippen molar-refractivity contribution >= 4 is 0 Å². The summed E-state index contributed by atoms with van der Waals surface area (Å²) < 4.78 is 31.5. The van der Waals surface area contributed by atoms with Crippen molar-refractivity contribution in [2.24, 2.45) is 5.73 Å². The third kappa shape index (κ3) is 3.00. The molecule has 1 heterocycles. The van der Waals surface area contributed by atoms with Gasteiger partial charge < -0.3 is 10.5 Å². The molecule has 2 N–H and O–H groups in total.